The first-order valence-corrected chi connectivity index (χ1v) is 6.81. The number of morpholine rings is 1. The van der Waals surface area contributed by atoms with Crippen LogP contribution in [0.2, 0.25) is 10.0 Å². The molecule has 0 N–H and O–H groups in total. The standard InChI is InChI=1S/C14H12Cl2N2O2/c15-12-2-1-10(13(16)8-12)7-11(9-17)14(19)18-3-5-20-6-4-18/h1-2,7-8H,3-6H2. The van der Waals surface area contributed by atoms with Gasteiger partial charge in [-0.05, 0) is 23.8 Å². The van der Waals surface area contributed by atoms with E-state index in [1.54, 1.807) is 23.1 Å². The molecular formula is C14H12Cl2N2O2. The van der Waals surface area contributed by atoms with Crippen LogP contribution in [-0.4, -0.2) is 37.1 Å². The minimum absolute atomic E-state index is 0.0520. The number of ether oxygens (including phenoxy) is 1. The van der Waals surface area contributed by atoms with E-state index in [1.165, 1.54) is 6.08 Å². The van der Waals surface area contributed by atoms with Crippen LogP contribution in [0.3, 0.4) is 0 Å². The van der Waals surface area contributed by atoms with Gasteiger partial charge in [0.15, 0.2) is 0 Å². The van der Waals surface area contributed by atoms with Crippen molar-refractivity contribution < 1.29 is 9.53 Å². The smallest absolute Gasteiger partial charge is 0.264 e. The molecule has 20 heavy (non-hydrogen) atoms. The van der Waals surface area contributed by atoms with Crippen molar-refractivity contribution in [2.75, 3.05) is 26.3 Å². The van der Waals surface area contributed by atoms with Crippen molar-refractivity contribution in [3.8, 4) is 6.07 Å². The van der Waals surface area contributed by atoms with Gasteiger partial charge in [-0.2, -0.15) is 5.26 Å². The first-order valence-electron chi connectivity index (χ1n) is 6.05. The van der Waals surface area contributed by atoms with Crippen molar-refractivity contribution in [3.63, 3.8) is 0 Å². The minimum atomic E-state index is -0.304. The second kappa shape index (κ2) is 6.76. The molecule has 0 bridgehead atoms. The summed E-state index contributed by atoms with van der Waals surface area (Å²) in [6.45, 7) is 1.97. The molecular weight excluding hydrogens is 299 g/mol. The molecule has 4 nitrogen and oxygen atoms in total. The average Bonchev–Trinajstić information content (AvgIpc) is 2.47. The number of carbonyl (C=O) groups is 1. The molecule has 0 unspecified atom stereocenters. The second-order valence-corrected chi connectivity index (χ2v) is 5.08. The molecule has 1 fully saturated rings. The fraction of sp³-hybridized carbons (Fsp3) is 0.286. The summed E-state index contributed by atoms with van der Waals surface area (Å²) in [5, 5.41) is 10.1. The molecule has 0 aromatic heterocycles. The van der Waals surface area contributed by atoms with E-state index in [-0.39, 0.29) is 11.5 Å². The molecule has 104 valence electrons. The van der Waals surface area contributed by atoms with Crippen molar-refractivity contribution >= 4 is 35.2 Å². The average molecular weight is 311 g/mol. The molecule has 1 heterocycles. The van der Waals surface area contributed by atoms with Gasteiger partial charge in [-0.15, -0.1) is 0 Å². The van der Waals surface area contributed by atoms with Crippen LogP contribution in [0.5, 0.6) is 0 Å². The van der Waals surface area contributed by atoms with Gasteiger partial charge in [-0.1, -0.05) is 29.3 Å². The minimum Gasteiger partial charge on any atom is -0.378 e. The lowest BCUT2D eigenvalue weighted by atomic mass is 10.1. The van der Waals surface area contributed by atoms with Gasteiger partial charge in [0, 0.05) is 23.1 Å². The first-order chi connectivity index (χ1) is 9.61. The summed E-state index contributed by atoms with van der Waals surface area (Å²) in [6.07, 6.45) is 1.48. The highest BCUT2D eigenvalue weighted by Gasteiger charge is 2.20. The molecule has 1 aliphatic heterocycles. The monoisotopic (exact) mass is 310 g/mol. The normalized spacial score (nSPS) is 15.8. The Labute approximate surface area is 127 Å². The number of hydrogen-bond acceptors (Lipinski definition) is 3. The third-order valence-electron chi connectivity index (χ3n) is 2.91. The molecule has 6 heteroatoms. The van der Waals surface area contributed by atoms with E-state index in [9.17, 15) is 4.79 Å². The van der Waals surface area contributed by atoms with Gasteiger partial charge < -0.3 is 9.64 Å². The maximum atomic E-state index is 12.2. The highest BCUT2D eigenvalue weighted by Crippen LogP contribution is 2.23. The molecule has 1 aromatic carbocycles. The lowest BCUT2D eigenvalue weighted by Crippen LogP contribution is -2.41. The third-order valence-corrected chi connectivity index (χ3v) is 3.47. The largest absolute Gasteiger partial charge is 0.378 e. The van der Waals surface area contributed by atoms with Crippen molar-refractivity contribution in [1.29, 1.82) is 5.26 Å². The van der Waals surface area contributed by atoms with E-state index < -0.39 is 0 Å². The Balaban J connectivity index is 2.24. The first kappa shape index (κ1) is 14.9. The molecule has 0 saturated carbocycles. The molecule has 0 spiro atoms. The Kier molecular flexibility index (Phi) is 5.02. The predicted octanol–water partition coefficient (Wildman–Crippen LogP) is 2.76. The summed E-state index contributed by atoms with van der Waals surface area (Å²) in [5.74, 6) is -0.304. The Morgan fingerprint density at radius 3 is 2.65 bits per heavy atom. The highest BCUT2D eigenvalue weighted by molar-refractivity contribution is 6.35. The molecule has 2 rings (SSSR count). The zero-order valence-electron chi connectivity index (χ0n) is 10.6. The number of amides is 1. The van der Waals surface area contributed by atoms with Crippen molar-refractivity contribution in [1.82, 2.24) is 4.90 Å². The van der Waals surface area contributed by atoms with Gasteiger partial charge in [-0.25, -0.2) is 0 Å². The summed E-state index contributed by atoms with van der Waals surface area (Å²) in [6, 6.07) is 6.83. The molecule has 0 atom stereocenters. The SMILES string of the molecule is N#CC(=Cc1ccc(Cl)cc1Cl)C(=O)N1CCOCC1. The summed E-state index contributed by atoms with van der Waals surface area (Å²) in [4.78, 5) is 13.8. The Morgan fingerprint density at radius 1 is 1.35 bits per heavy atom. The van der Waals surface area contributed by atoms with E-state index in [0.717, 1.165) is 0 Å². The lowest BCUT2D eigenvalue weighted by molar-refractivity contribution is -0.130. The lowest BCUT2D eigenvalue weighted by Gasteiger charge is -2.26. The topological polar surface area (TPSA) is 53.3 Å². The van der Waals surface area contributed by atoms with E-state index in [1.807, 2.05) is 6.07 Å². The van der Waals surface area contributed by atoms with Crippen LogP contribution >= 0.6 is 23.2 Å². The predicted molar refractivity (Wildman–Crippen MR) is 77.5 cm³/mol. The van der Waals surface area contributed by atoms with Crippen LogP contribution in [0.15, 0.2) is 23.8 Å². The fourth-order valence-electron chi connectivity index (χ4n) is 1.85. The number of nitriles is 1. The number of benzene rings is 1. The van der Waals surface area contributed by atoms with E-state index in [4.69, 9.17) is 33.2 Å². The molecule has 0 radical (unpaired) electrons. The van der Waals surface area contributed by atoms with Crippen LogP contribution < -0.4 is 0 Å². The van der Waals surface area contributed by atoms with Crippen molar-refractivity contribution in [2.24, 2.45) is 0 Å². The second-order valence-electron chi connectivity index (χ2n) is 4.24. The van der Waals surface area contributed by atoms with E-state index in [0.29, 0.717) is 41.9 Å². The summed E-state index contributed by atoms with van der Waals surface area (Å²) >= 11 is 11.9. The zero-order chi connectivity index (χ0) is 14.5. The van der Waals surface area contributed by atoms with Crippen molar-refractivity contribution in [2.45, 2.75) is 0 Å². The van der Waals surface area contributed by atoms with E-state index >= 15 is 0 Å². The summed E-state index contributed by atoms with van der Waals surface area (Å²) < 4.78 is 5.18. The van der Waals surface area contributed by atoms with E-state index in [2.05, 4.69) is 0 Å². The van der Waals surface area contributed by atoms with Gasteiger partial charge in [0.05, 0.1) is 13.2 Å². The summed E-state index contributed by atoms with van der Waals surface area (Å²) in [5.41, 5.74) is 0.644. The molecule has 1 saturated heterocycles. The van der Waals surface area contributed by atoms with Crippen LogP contribution in [-0.2, 0) is 9.53 Å². The van der Waals surface area contributed by atoms with Gasteiger partial charge in [-0.3, -0.25) is 4.79 Å². The van der Waals surface area contributed by atoms with Gasteiger partial charge in [0.1, 0.15) is 11.6 Å². The number of nitrogens with zero attached hydrogens (tertiary/aromatic N) is 2. The Bertz CT molecular complexity index is 587. The zero-order valence-corrected chi connectivity index (χ0v) is 12.1. The van der Waals surface area contributed by atoms with Gasteiger partial charge >= 0.3 is 0 Å². The highest BCUT2D eigenvalue weighted by atomic mass is 35.5. The molecule has 1 aliphatic rings. The van der Waals surface area contributed by atoms with Crippen LogP contribution in [0.1, 0.15) is 5.56 Å². The van der Waals surface area contributed by atoms with Crippen LogP contribution in [0.4, 0.5) is 0 Å². The number of rotatable bonds is 2. The number of hydrogen-bond donors (Lipinski definition) is 0. The van der Waals surface area contributed by atoms with Gasteiger partial charge in [0.2, 0.25) is 0 Å². The number of halogens is 2. The summed E-state index contributed by atoms with van der Waals surface area (Å²) in [7, 11) is 0. The molecule has 0 aliphatic carbocycles. The number of carbonyl (C=O) groups excluding carboxylic acids is 1. The van der Waals surface area contributed by atoms with Crippen LogP contribution in [0, 0.1) is 11.3 Å². The Morgan fingerprint density at radius 2 is 2.05 bits per heavy atom. The van der Waals surface area contributed by atoms with Crippen molar-refractivity contribution in [3.05, 3.63) is 39.4 Å². The molecule has 1 amide bonds. The van der Waals surface area contributed by atoms with Crippen LogP contribution in [0.25, 0.3) is 6.08 Å². The molecule has 1 aromatic rings. The third kappa shape index (κ3) is 3.51. The van der Waals surface area contributed by atoms with Gasteiger partial charge in [0.25, 0.3) is 5.91 Å². The maximum absolute atomic E-state index is 12.2. The fourth-order valence-corrected chi connectivity index (χ4v) is 2.32. The Hall–Kier alpha value is -1.54. The maximum Gasteiger partial charge on any atom is 0.264 e. The quantitative estimate of drug-likeness (QED) is 0.623.